The van der Waals surface area contributed by atoms with E-state index in [9.17, 15) is 9.59 Å². The van der Waals surface area contributed by atoms with Gasteiger partial charge in [-0.2, -0.15) is 0 Å². The van der Waals surface area contributed by atoms with E-state index < -0.39 is 5.97 Å². The molecule has 0 aliphatic heterocycles. The summed E-state index contributed by atoms with van der Waals surface area (Å²) in [6.45, 7) is 5.40. The van der Waals surface area contributed by atoms with Crippen LogP contribution in [0.15, 0.2) is 0 Å². The molecule has 0 aliphatic rings. The zero-order valence-electron chi connectivity index (χ0n) is 11.5. The van der Waals surface area contributed by atoms with Crippen molar-refractivity contribution in [2.75, 3.05) is 13.1 Å². The lowest BCUT2D eigenvalue weighted by Gasteiger charge is -2.15. The van der Waals surface area contributed by atoms with E-state index in [1.165, 1.54) is 12.8 Å². The fourth-order valence-electron chi connectivity index (χ4n) is 1.68. The van der Waals surface area contributed by atoms with E-state index >= 15 is 0 Å². The monoisotopic (exact) mass is 258 g/mol. The third-order valence-corrected chi connectivity index (χ3v) is 2.95. The summed E-state index contributed by atoms with van der Waals surface area (Å²) in [6.07, 6.45) is 5.15. The van der Waals surface area contributed by atoms with Crippen molar-refractivity contribution in [3.05, 3.63) is 0 Å². The number of unbranched alkanes of at least 4 members (excludes halogenated alkanes) is 1. The Morgan fingerprint density at radius 3 is 2.44 bits per heavy atom. The van der Waals surface area contributed by atoms with Gasteiger partial charge in [-0.3, -0.25) is 4.79 Å². The third kappa shape index (κ3) is 9.93. The van der Waals surface area contributed by atoms with Crippen LogP contribution in [0.3, 0.4) is 0 Å². The molecule has 0 rings (SSSR count). The Labute approximate surface area is 109 Å². The predicted molar refractivity (Wildman–Crippen MR) is 71.6 cm³/mol. The smallest absolute Gasteiger partial charge is 0.314 e. The maximum atomic E-state index is 11.4. The number of aliphatic carboxylic acids is 1. The molecule has 0 aromatic carbocycles. The Kier molecular flexibility index (Phi) is 10.1. The van der Waals surface area contributed by atoms with Gasteiger partial charge in [0.15, 0.2) is 0 Å². The van der Waals surface area contributed by atoms with Gasteiger partial charge in [0.05, 0.1) is 0 Å². The lowest BCUT2D eigenvalue weighted by atomic mass is 9.99. The first kappa shape index (κ1) is 16.7. The number of amides is 2. The molecule has 5 heteroatoms. The zero-order chi connectivity index (χ0) is 13.8. The molecule has 0 saturated carbocycles. The number of rotatable bonds is 10. The summed E-state index contributed by atoms with van der Waals surface area (Å²) < 4.78 is 0. The van der Waals surface area contributed by atoms with Crippen molar-refractivity contribution in [2.24, 2.45) is 5.92 Å². The average molecular weight is 258 g/mol. The summed E-state index contributed by atoms with van der Waals surface area (Å²) in [7, 11) is 0. The van der Waals surface area contributed by atoms with Crippen molar-refractivity contribution in [1.82, 2.24) is 10.6 Å². The van der Waals surface area contributed by atoms with Crippen molar-refractivity contribution < 1.29 is 14.7 Å². The molecule has 0 aromatic heterocycles. The minimum atomic E-state index is -0.831. The minimum absolute atomic E-state index is 0.0916. The maximum Gasteiger partial charge on any atom is 0.314 e. The SMILES string of the molecule is CCCCC(CC)CNC(=O)NCCCC(=O)O. The van der Waals surface area contributed by atoms with Gasteiger partial charge in [0.25, 0.3) is 0 Å². The number of urea groups is 1. The van der Waals surface area contributed by atoms with Crippen LogP contribution in [0.1, 0.15) is 52.4 Å². The Morgan fingerprint density at radius 1 is 1.17 bits per heavy atom. The molecular formula is C13H26N2O3. The third-order valence-electron chi connectivity index (χ3n) is 2.95. The Hall–Kier alpha value is -1.26. The second kappa shape index (κ2) is 10.9. The lowest BCUT2D eigenvalue weighted by Crippen LogP contribution is -2.38. The highest BCUT2D eigenvalue weighted by molar-refractivity contribution is 5.73. The van der Waals surface area contributed by atoms with Crippen LogP contribution in [0.2, 0.25) is 0 Å². The molecule has 5 nitrogen and oxygen atoms in total. The fraction of sp³-hybridized carbons (Fsp3) is 0.846. The van der Waals surface area contributed by atoms with E-state index in [4.69, 9.17) is 5.11 Å². The molecule has 1 atom stereocenters. The van der Waals surface area contributed by atoms with Gasteiger partial charge in [0.2, 0.25) is 0 Å². The molecule has 106 valence electrons. The second-order valence-electron chi connectivity index (χ2n) is 4.55. The van der Waals surface area contributed by atoms with Gasteiger partial charge in [-0.25, -0.2) is 4.79 Å². The number of carbonyl (C=O) groups is 2. The molecule has 0 saturated heterocycles. The molecule has 2 amide bonds. The maximum absolute atomic E-state index is 11.4. The normalized spacial score (nSPS) is 11.9. The molecule has 0 bridgehead atoms. The molecule has 1 unspecified atom stereocenters. The molecule has 0 fully saturated rings. The van der Waals surface area contributed by atoms with Gasteiger partial charge >= 0.3 is 12.0 Å². The van der Waals surface area contributed by atoms with Crippen LogP contribution in [-0.4, -0.2) is 30.2 Å². The molecular weight excluding hydrogens is 232 g/mol. The molecule has 18 heavy (non-hydrogen) atoms. The Balaban J connectivity index is 3.58. The minimum Gasteiger partial charge on any atom is -0.481 e. The number of carbonyl (C=O) groups excluding carboxylic acids is 1. The molecule has 3 N–H and O–H groups in total. The summed E-state index contributed by atoms with van der Waals surface area (Å²) >= 11 is 0. The highest BCUT2D eigenvalue weighted by atomic mass is 16.4. The summed E-state index contributed by atoms with van der Waals surface area (Å²) in [4.78, 5) is 21.7. The van der Waals surface area contributed by atoms with E-state index in [1.807, 2.05) is 0 Å². The number of hydrogen-bond donors (Lipinski definition) is 3. The fourth-order valence-corrected chi connectivity index (χ4v) is 1.68. The number of carboxylic acids is 1. The first-order chi connectivity index (χ1) is 8.60. The van der Waals surface area contributed by atoms with E-state index in [0.717, 1.165) is 12.8 Å². The van der Waals surface area contributed by atoms with Crippen LogP contribution in [0, 0.1) is 5.92 Å². The summed E-state index contributed by atoms with van der Waals surface area (Å²) in [5.74, 6) is -0.294. The van der Waals surface area contributed by atoms with Gasteiger partial charge in [-0.05, 0) is 18.8 Å². The van der Waals surface area contributed by atoms with Crippen LogP contribution >= 0.6 is 0 Å². The standard InChI is InChI=1S/C13H26N2O3/c1-3-5-7-11(4-2)10-15-13(18)14-9-6-8-12(16)17/h11H,3-10H2,1-2H3,(H,16,17)(H2,14,15,18). The first-order valence-corrected chi connectivity index (χ1v) is 6.83. The zero-order valence-corrected chi connectivity index (χ0v) is 11.5. The predicted octanol–water partition coefficient (Wildman–Crippen LogP) is 2.37. The van der Waals surface area contributed by atoms with E-state index in [2.05, 4.69) is 24.5 Å². The Morgan fingerprint density at radius 2 is 1.89 bits per heavy atom. The van der Waals surface area contributed by atoms with Crippen LogP contribution in [0.25, 0.3) is 0 Å². The van der Waals surface area contributed by atoms with Crippen LogP contribution in [0.4, 0.5) is 4.79 Å². The molecule has 0 radical (unpaired) electrons. The van der Waals surface area contributed by atoms with Crippen molar-refractivity contribution in [3.8, 4) is 0 Å². The Bertz CT molecular complexity index is 244. The highest BCUT2D eigenvalue weighted by Gasteiger charge is 2.07. The topological polar surface area (TPSA) is 78.4 Å². The van der Waals surface area contributed by atoms with Gasteiger partial charge < -0.3 is 15.7 Å². The van der Waals surface area contributed by atoms with E-state index in [-0.39, 0.29) is 12.5 Å². The lowest BCUT2D eigenvalue weighted by molar-refractivity contribution is -0.137. The van der Waals surface area contributed by atoms with Gasteiger partial charge in [-0.1, -0.05) is 33.1 Å². The largest absolute Gasteiger partial charge is 0.481 e. The number of nitrogens with one attached hydrogen (secondary N) is 2. The van der Waals surface area contributed by atoms with Crippen molar-refractivity contribution in [3.63, 3.8) is 0 Å². The molecule has 0 aromatic rings. The average Bonchev–Trinajstić information content (AvgIpc) is 2.34. The molecule has 0 aliphatic carbocycles. The second-order valence-corrected chi connectivity index (χ2v) is 4.55. The van der Waals surface area contributed by atoms with E-state index in [1.54, 1.807) is 0 Å². The van der Waals surface area contributed by atoms with Crippen LogP contribution < -0.4 is 10.6 Å². The van der Waals surface area contributed by atoms with Crippen molar-refractivity contribution >= 4 is 12.0 Å². The van der Waals surface area contributed by atoms with Gasteiger partial charge in [0, 0.05) is 19.5 Å². The summed E-state index contributed by atoms with van der Waals surface area (Å²) in [6, 6.07) is -0.199. The first-order valence-electron chi connectivity index (χ1n) is 6.83. The van der Waals surface area contributed by atoms with Crippen molar-refractivity contribution in [1.29, 1.82) is 0 Å². The quantitative estimate of drug-likeness (QED) is 0.526. The van der Waals surface area contributed by atoms with Crippen LogP contribution in [-0.2, 0) is 4.79 Å². The van der Waals surface area contributed by atoms with Crippen molar-refractivity contribution in [2.45, 2.75) is 52.4 Å². The number of hydrogen-bond acceptors (Lipinski definition) is 2. The summed E-state index contributed by atoms with van der Waals surface area (Å²) in [5, 5.41) is 13.9. The molecule has 0 spiro atoms. The van der Waals surface area contributed by atoms with Crippen LogP contribution in [0.5, 0.6) is 0 Å². The van der Waals surface area contributed by atoms with Gasteiger partial charge in [-0.15, -0.1) is 0 Å². The highest BCUT2D eigenvalue weighted by Crippen LogP contribution is 2.10. The molecule has 0 heterocycles. The summed E-state index contributed by atoms with van der Waals surface area (Å²) in [5.41, 5.74) is 0. The number of carboxylic acid groups (broad SMARTS) is 1. The van der Waals surface area contributed by atoms with E-state index in [0.29, 0.717) is 25.4 Å². The van der Waals surface area contributed by atoms with Gasteiger partial charge in [0.1, 0.15) is 0 Å².